The Bertz CT molecular complexity index is 1230. The lowest BCUT2D eigenvalue weighted by Gasteiger charge is -2.24. The first-order chi connectivity index (χ1) is 31.7. The molecule has 2 heterocycles. The Hall–Kier alpha value is -2.36. The Morgan fingerprint density at radius 1 is 0.446 bits per heavy atom. The summed E-state index contributed by atoms with van der Waals surface area (Å²) in [6, 6.07) is 0. The smallest absolute Gasteiger partial charge is 0.233 e. The third kappa shape index (κ3) is 25.0. The first-order valence-electron chi connectivity index (χ1n) is 27.8. The second kappa shape index (κ2) is 38.6. The van der Waals surface area contributed by atoms with E-state index in [1.165, 1.54) is 162 Å². The second-order valence-electron chi connectivity index (χ2n) is 20.0. The van der Waals surface area contributed by atoms with Gasteiger partial charge in [-0.25, -0.2) is 0 Å². The molecule has 0 saturated carbocycles. The van der Waals surface area contributed by atoms with Crippen molar-refractivity contribution in [2.24, 2.45) is 23.7 Å². The van der Waals surface area contributed by atoms with E-state index >= 15 is 0 Å². The molecule has 9 heteroatoms. The zero-order valence-electron chi connectivity index (χ0n) is 43.4. The van der Waals surface area contributed by atoms with E-state index < -0.39 is 0 Å². The van der Waals surface area contributed by atoms with E-state index in [1.54, 1.807) is 0 Å². The van der Waals surface area contributed by atoms with Gasteiger partial charge in [0.05, 0.1) is 11.8 Å². The number of rotatable bonds is 44. The van der Waals surface area contributed by atoms with Crippen LogP contribution in [0.15, 0.2) is 23.3 Å². The molecule has 2 aliphatic heterocycles. The molecule has 65 heavy (non-hydrogen) atoms. The van der Waals surface area contributed by atoms with E-state index in [4.69, 9.17) is 0 Å². The molecule has 0 aromatic rings. The number of imide groups is 2. The summed E-state index contributed by atoms with van der Waals surface area (Å²) in [7, 11) is 0. The lowest BCUT2D eigenvalue weighted by Crippen LogP contribution is -2.40. The molecular formula is C56H103N5O4. The molecule has 376 valence electrons. The normalized spacial score (nSPS) is 18.2. The maximum atomic E-state index is 13.7. The fourth-order valence-electron chi connectivity index (χ4n) is 10.2. The van der Waals surface area contributed by atoms with Gasteiger partial charge in [0.1, 0.15) is 0 Å². The summed E-state index contributed by atoms with van der Waals surface area (Å²) >= 11 is 0. The Kier molecular flexibility index (Phi) is 34.9. The molecule has 0 radical (unpaired) electrons. The van der Waals surface area contributed by atoms with Crippen LogP contribution in [0.25, 0.3) is 0 Å². The summed E-state index contributed by atoms with van der Waals surface area (Å²) in [6.07, 6.45) is 39.7. The van der Waals surface area contributed by atoms with Crippen molar-refractivity contribution in [1.29, 1.82) is 0 Å². The van der Waals surface area contributed by atoms with Gasteiger partial charge >= 0.3 is 0 Å². The number of hydrogen-bond donors (Lipinski definition) is 3. The van der Waals surface area contributed by atoms with Gasteiger partial charge in [0.25, 0.3) is 0 Å². The number of carbonyl (C=O) groups excluding carboxylic acids is 4. The first kappa shape index (κ1) is 58.8. The van der Waals surface area contributed by atoms with E-state index in [2.05, 4.69) is 69.6 Å². The largest absolute Gasteiger partial charge is 0.314 e. The number of likely N-dealkylation sites (tertiary alicyclic amines) is 2. The van der Waals surface area contributed by atoms with Gasteiger partial charge in [-0.1, -0.05) is 192 Å². The van der Waals surface area contributed by atoms with Crippen molar-refractivity contribution in [3.05, 3.63) is 23.3 Å². The molecule has 0 spiro atoms. The fraction of sp³-hybridized carbons (Fsp3) is 0.857. The molecule has 0 aromatic heterocycles. The Morgan fingerprint density at radius 2 is 0.738 bits per heavy atom. The Labute approximate surface area is 400 Å². The highest BCUT2D eigenvalue weighted by atomic mass is 16.2. The summed E-state index contributed by atoms with van der Waals surface area (Å²) < 4.78 is 0. The van der Waals surface area contributed by atoms with Gasteiger partial charge in [-0.3, -0.25) is 29.0 Å². The fourth-order valence-corrected chi connectivity index (χ4v) is 10.2. The molecule has 0 aliphatic carbocycles. The lowest BCUT2D eigenvalue weighted by molar-refractivity contribution is -0.141. The first-order valence-corrected chi connectivity index (χ1v) is 27.8. The molecule has 0 bridgehead atoms. The molecule has 4 unspecified atom stereocenters. The predicted molar refractivity (Wildman–Crippen MR) is 275 cm³/mol. The number of nitrogens with zero attached hydrogens (tertiary/aromatic N) is 2. The van der Waals surface area contributed by atoms with E-state index in [9.17, 15) is 19.2 Å². The van der Waals surface area contributed by atoms with Crippen molar-refractivity contribution in [1.82, 2.24) is 25.8 Å². The van der Waals surface area contributed by atoms with E-state index in [-0.39, 0.29) is 47.3 Å². The highest BCUT2D eigenvalue weighted by Crippen LogP contribution is 2.37. The average molecular weight is 910 g/mol. The quantitative estimate of drug-likeness (QED) is 0.0317. The van der Waals surface area contributed by atoms with Crippen LogP contribution in [0, 0.1) is 23.7 Å². The van der Waals surface area contributed by atoms with Crippen LogP contribution in [0.3, 0.4) is 0 Å². The van der Waals surface area contributed by atoms with E-state index in [0.29, 0.717) is 39.0 Å². The van der Waals surface area contributed by atoms with E-state index in [1.807, 2.05) is 0 Å². The number of amides is 4. The van der Waals surface area contributed by atoms with Gasteiger partial charge in [0, 0.05) is 65.2 Å². The summed E-state index contributed by atoms with van der Waals surface area (Å²) in [5.74, 6) is -0.130. The minimum absolute atomic E-state index is 0.0189. The molecule has 2 aliphatic rings. The van der Waals surface area contributed by atoms with Crippen LogP contribution in [0.1, 0.15) is 234 Å². The molecule has 2 saturated heterocycles. The zero-order valence-corrected chi connectivity index (χ0v) is 43.4. The van der Waals surface area contributed by atoms with Crippen molar-refractivity contribution in [2.45, 2.75) is 234 Å². The number of allylic oxidation sites excluding steroid dienone is 4. The molecule has 4 amide bonds. The van der Waals surface area contributed by atoms with Gasteiger partial charge in [-0.2, -0.15) is 0 Å². The summed E-state index contributed by atoms with van der Waals surface area (Å²) in [5, 5.41) is 10.3. The standard InChI is InChI=1S/C56H103N5O4/c1-7-11-15-19-23-27-31-35-49(47(5)33-29-25-21-17-13-9-3)51-45-53(62)60(55(51)64)43-41-58-39-37-57-38-40-59-42-44-61-54(63)46-52(56(61)65)50(36-32-28-24-20-16-12-8-2)48(6)34-30-26-22-18-14-10-4/h33-34,49-52,57-59H,7-32,35-46H2,1-6H3/b47-33+,48-34+. The monoisotopic (exact) mass is 910 g/mol. The highest BCUT2D eigenvalue weighted by Gasteiger charge is 2.43. The van der Waals surface area contributed by atoms with Crippen molar-refractivity contribution in [2.75, 3.05) is 52.4 Å². The maximum absolute atomic E-state index is 13.7. The van der Waals surface area contributed by atoms with Crippen LogP contribution < -0.4 is 16.0 Å². The molecule has 2 fully saturated rings. The van der Waals surface area contributed by atoms with Crippen molar-refractivity contribution < 1.29 is 19.2 Å². The number of nitrogens with one attached hydrogen (secondary N) is 3. The molecule has 0 aromatic carbocycles. The van der Waals surface area contributed by atoms with Gasteiger partial charge < -0.3 is 16.0 Å². The van der Waals surface area contributed by atoms with Gasteiger partial charge in [0.2, 0.25) is 23.6 Å². The number of hydrogen-bond acceptors (Lipinski definition) is 7. The van der Waals surface area contributed by atoms with Crippen LogP contribution in [-0.2, 0) is 19.2 Å². The Morgan fingerprint density at radius 3 is 1.08 bits per heavy atom. The van der Waals surface area contributed by atoms with Crippen molar-refractivity contribution in [3.8, 4) is 0 Å². The molecule has 2 rings (SSSR count). The van der Waals surface area contributed by atoms with Crippen molar-refractivity contribution >= 4 is 23.6 Å². The second-order valence-corrected chi connectivity index (χ2v) is 20.0. The van der Waals surface area contributed by atoms with Gasteiger partial charge in [0.15, 0.2) is 0 Å². The average Bonchev–Trinajstić information content (AvgIpc) is 3.74. The van der Waals surface area contributed by atoms with Crippen LogP contribution in [0.4, 0.5) is 0 Å². The maximum Gasteiger partial charge on any atom is 0.233 e. The summed E-state index contributed by atoms with van der Waals surface area (Å²) in [5.41, 5.74) is 2.62. The lowest BCUT2D eigenvalue weighted by atomic mass is 9.81. The van der Waals surface area contributed by atoms with E-state index in [0.717, 1.165) is 64.7 Å². The molecule has 9 nitrogen and oxygen atoms in total. The van der Waals surface area contributed by atoms with Crippen LogP contribution >= 0.6 is 0 Å². The predicted octanol–water partition coefficient (Wildman–Crippen LogP) is 12.6. The van der Waals surface area contributed by atoms with Gasteiger partial charge in [-0.05, 0) is 64.2 Å². The zero-order chi connectivity index (χ0) is 47.3. The minimum Gasteiger partial charge on any atom is -0.314 e. The van der Waals surface area contributed by atoms with Crippen LogP contribution in [-0.4, -0.2) is 85.8 Å². The molecule has 3 N–H and O–H groups in total. The number of unbranched alkanes of at least 4 members (excludes halogenated alkanes) is 22. The van der Waals surface area contributed by atoms with Crippen LogP contribution in [0.2, 0.25) is 0 Å². The third-order valence-corrected chi connectivity index (χ3v) is 14.5. The van der Waals surface area contributed by atoms with Crippen LogP contribution in [0.5, 0.6) is 0 Å². The minimum atomic E-state index is -0.228. The van der Waals surface area contributed by atoms with Crippen molar-refractivity contribution in [3.63, 3.8) is 0 Å². The third-order valence-electron chi connectivity index (χ3n) is 14.5. The molecular weight excluding hydrogens is 807 g/mol. The molecule has 4 atom stereocenters. The summed E-state index contributed by atoms with van der Waals surface area (Å²) in [4.78, 5) is 56.9. The number of carbonyl (C=O) groups is 4. The summed E-state index contributed by atoms with van der Waals surface area (Å²) in [6.45, 7) is 18.5. The topological polar surface area (TPSA) is 111 Å². The SMILES string of the molecule is CCCCCCC/C=C(\C)C(CCCCCCCCC)C1CC(=O)N(CCNCCNCCNCCN2C(=O)CC(C(CCCCCCCCC)/C(C)=C/CCCCCCC)C2=O)C1=O. The van der Waals surface area contributed by atoms with Gasteiger partial charge in [-0.15, -0.1) is 0 Å². The highest BCUT2D eigenvalue weighted by molar-refractivity contribution is 6.04. The Balaban J connectivity index is 1.73.